The highest BCUT2D eigenvalue weighted by molar-refractivity contribution is 4.48. The van der Waals surface area contributed by atoms with Crippen molar-refractivity contribution in [1.29, 1.82) is 0 Å². The zero-order valence-corrected chi connectivity index (χ0v) is 10.8. The second-order valence-corrected chi connectivity index (χ2v) is 4.11. The molecule has 4 heteroatoms. The van der Waals surface area contributed by atoms with Gasteiger partial charge >= 0.3 is 0 Å². The van der Waals surface area contributed by atoms with Crippen LogP contribution in [-0.4, -0.2) is 50.3 Å². The van der Waals surface area contributed by atoms with Gasteiger partial charge in [-0.2, -0.15) is 0 Å². The van der Waals surface area contributed by atoms with Crippen molar-refractivity contribution in [2.45, 2.75) is 45.8 Å². The average molecular weight is 234 g/mol. The maximum absolute atomic E-state index is 8.57. The molecule has 0 aromatic heterocycles. The monoisotopic (exact) mass is 234 g/mol. The lowest BCUT2D eigenvalue weighted by atomic mass is 10.4. The first-order valence-electron chi connectivity index (χ1n) is 6.08. The summed E-state index contributed by atoms with van der Waals surface area (Å²) in [4.78, 5) is 0. The normalized spacial score (nSPS) is 13.3. The molecule has 0 amide bonds. The fraction of sp³-hybridized carbons (Fsp3) is 1.00. The van der Waals surface area contributed by atoms with Gasteiger partial charge in [-0.05, 0) is 33.6 Å². The van der Waals surface area contributed by atoms with E-state index in [1.165, 1.54) is 0 Å². The summed E-state index contributed by atoms with van der Waals surface area (Å²) in [6, 6.07) is 0. The Kier molecular flexibility index (Phi) is 11.2. The van der Waals surface area contributed by atoms with E-state index in [0.717, 1.165) is 13.0 Å². The Bertz CT molecular complexity index is 139. The van der Waals surface area contributed by atoms with Gasteiger partial charge in [0.05, 0.1) is 18.8 Å². The van der Waals surface area contributed by atoms with Gasteiger partial charge in [0.15, 0.2) is 0 Å². The molecular formula is C12H26O4. The minimum absolute atomic E-state index is 0.0950. The van der Waals surface area contributed by atoms with Crippen molar-refractivity contribution in [3.8, 4) is 0 Å². The van der Waals surface area contributed by atoms with Crippen molar-refractivity contribution in [3.63, 3.8) is 0 Å². The molecule has 0 aliphatic rings. The van der Waals surface area contributed by atoms with Crippen molar-refractivity contribution in [2.24, 2.45) is 0 Å². The second-order valence-electron chi connectivity index (χ2n) is 4.11. The predicted octanol–water partition coefficient (Wildman–Crippen LogP) is 1.61. The summed E-state index contributed by atoms with van der Waals surface area (Å²) >= 11 is 0. The molecule has 0 radical (unpaired) electrons. The Morgan fingerprint density at radius 2 is 1.62 bits per heavy atom. The molecule has 98 valence electrons. The van der Waals surface area contributed by atoms with Gasteiger partial charge < -0.3 is 19.3 Å². The van der Waals surface area contributed by atoms with E-state index in [9.17, 15) is 0 Å². The van der Waals surface area contributed by atoms with Crippen molar-refractivity contribution in [3.05, 3.63) is 0 Å². The predicted molar refractivity (Wildman–Crippen MR) is 63.6 cm³/mol. The number of hydrogen-bond donors (Lipinski definition) is 1. The van der Waals surface area contributed by atoms with Gasteiger partial charge in [-0.25, -0.2) is 0 Å². The second kappa shape index (κ2) is 11.3. The highest BCUT2D eigenvalue weighted by atomic mass is 16.5. The smallest absolute Gasteiger partial charge is 0.0780 e. The maximum atomic E-state index is 8.57. The van der Waals surface area contributed by atoms with Crippen molar-refractivity contribution in [1.82, 2.24) is 0 Å². The van der Waals surface area contributed by atoms with Crippen LogP contribution in [0.3, 0.4) is 0 Å². The van der Waals surface area contributed by atoms with E-state index in [1.807, 2.05) is 20.8 Å². The topological polar surface area (TPSA) is 47.9 Å². The van der Waals surface area contributed by atoms with Crippen LogP contribution in [0.2, 0.25) is 0 Å². The molecule has 0 saturated carbocycles. The minimum atomic E-state index is 0.0950. The standard InChI is InChI=1S/C12H26O4/c1-11(2)15-9-5-7-14-10-12(3)16-8-4-6-13/h11-13H,4-10H2,1-3H3. The van der Waals surface area contributed by atoms with Crippen molar-refractivity contribution >= 4 is 0 Å². The van der Waals surface area contributed by atoms with E-state index in [-0.39, 0.29) is 12.7 Å². The third kappa shape index (κ3) is 11.9. The summed E-state index contributed by atoms with van der Waals surface area (Å²) in [6.07, 6.45) is 1.99. The van der Waals surface area contributed by atoms with Crippen LogP contribution < -0.4 is 0 Å². The third-order valence-corrected chi connectivity index (χ3v) is 1.94. The van der Waals surface area contributed by atoms with Gasteiger partial charge in [0.1, 0.15) is 0 Å². The largest absolute Gasteiger partial charge is 0.396 e. The first-order chi connectivity index (χ1) is 7.66. The third-order valence-electron chi connectivity index (χ3n) is 1.94. The van der Waals surface area contributed by atoms with Crippen molar-refractivity contribution in [2.75, 3.05) is 33.0 Å². The molecule has 1 N–H and O–H groups in total. The van der Waals surface area contributed by atoms with E-state index in [2.05, 4.69) is 0 Å². The average Bonchev–Trinajstić information content (AvgIpc) is 2.23. The molecule has 0 aromatic rings. The van der Waals surface area contributed by atoms with Gasteiger partial charge in [0, 0.05) is 26.4 Å². The highest BCUT2D eigenvalue weighted by Crippen LogP contribution is 1.96. The number of aliphatic hydroxyl groups is 1. The Morgan fingerprint density at radius 3 is 2.25 bits per heavy atom. The van der Waals surface area contributed by atoms with Crippen LogP contribution in [0.5, 0.6) is 0 Å². The molecule has 0 aliphatic carbocycles. The fourth-order valence-electron chi connectivity index (χ4n) is 1.13. The van der Waals surface area contributed by atoms with Crippen LogP contribution in [0.1, 0.15) is 33.6 Å². The molecule has 0 aromatic carbocycles. The van der Waals surface area contributed by atoms with Crippen LogP contribution in [-0.2, 0) is 14.2 Å². The Hall–Kier alpha value is -0.160. The fourth-order valence-corrected chi connectivity index (χ4v) is 1.13. The van der Waals surface area contributed by atoms with Crippen LogP contribution in [0, 0.1) is 0 Å². The molecule has 0 spiro atoms. The van der Waals surface area contributed by atoms with Crippen LogP contribution in [0.15, 0.2) is 0 Å². The van der Waals surface area contributed by atoms with Crippen LogP contribution >= 0.6 is 0 Å². The molecule has 0 bridgehead atoms. The number of hydrogen-bond acceptors (Lipinski definition) is 4. The lowest BCUT2D eigenvalue weighted by Gasteiger charge is -2.13. The summed E-state index contributed by atoms with van der Waals surface area (Å²) in [6.45, 7) is 8.86. The van der Waals surface area contributed by atoms with E-state index >= 15 is 0 Å². The number of ether oxygens (including phenoxy) is 3. The quantitative estimate of drug-likeness (QED) is 0.552. The van der Waals surface area contributed by atoms with Gasteiger partial charge in [0.2, 0.25) is 0 Å². The molecule has 16 heavy (non-hydrogen) atoms. The van der Waals surface area contributed by atoms with E-state index in [0.29, 0.717) is 32.3 Å². The van der Waals surface area contributed by atoms with Gasteiger partial charge in [-0.15, -0.1) is 0 Å². The molecule has 4 nitrogen and oxygen atoms in total. The summed E-state index contributed by atoms with van der Waals surface area (Å²) in [5, 5.41) is 8.57. The van der Waals surface area contributed by atoms with E-state index in [4.69, 9.17) is 19.3 Å². The first-order valence-corrected chi connectivity index (χ1v) is 6.08. The maximum Gasteiger partial charge on any atom is 0.0780 e. The zero-order valence-electron chi connectivity index (χ0n) is 10.8. The summed E-state index contributed by atoms with van der Waals surface area (Å²) in [5.74, 6) is 0. The molecular weight excluding hydrogens is 208 g/mol. The SMILES string of the molecule is CC(C)OCCCOCC(C)OCCCO. The van der Waals surface area contributed by atoms with E-state index < -0.39 is 0 Å². The summed E-state index contributed by atoms with van der Waals surface area (Å²) in [5.41, 5.74) is 0. The number of rotatable bonds is 11. The summed E-state index contributed by atoms with van der Waals surface area (Å²) < 4.78 is 16.2. The molecule has 1 atom stereocenters. The highest BCUT2D eigenvalue weighted by Gasteiger charge is 2.01. The number of aliphatic hydroxyl groups excluding tert-OH is 1. The van der Waals surface area contributed by atoms with Gasteiger partial charge in [-0.3, -0.25) is 0 Å². The van der Waals surface area contributed by atoms with Crippen LogP contribution in [0.4, 0.5) is 0 Å². The minimum Gasteiger partial charge on any atom is -0.396 e. The van der Waals surface area contributed by atoms with Gasteiger partial charge in [-0.1, -0.05) is 0 Å². The lowest BCUT2D eigenvalue weighted by Crippen LogP contribution is -2.18. The Labute approximate surface area is 98.9 Å². The Balaban J connectivity index is 3.12. The van der Waals surface area contributed by atoms with Crippen LogP contribution in [0.25, 0.3) is 0 Å². The molecule has 1 unspecified atom stereocenters. The molecule has 0 heterocycles. The molecule has 0 rings (SSSR count). The van der Waals surface area contributed by atoms with E-state index in [1.54, 1.807) is 0 Å². The molecule has 0 fully saturated rings. The summed E-state index contributed by atoms with van der Waals surface area (Å²) in [7, 11) is 0. The van der Waals surface area contributed by atoms with Gasteiger partial charge in [0.25, 0.3) is 0 Å². The zero-order chi connectivity index (χ0) is 12.2. The molecule has 0 saturated heterocycles. The van der Waals surface area contributed by atoms with Crippen molar-refractivity contribution < 1.29 is 19.3 Å². The Morgan fingerprint density at radius 1 is 0.938 bits per heavy atom. The first kappa shape index (κ1) is 15.8. The lowest BCUT2D eigenvalue weighted by molar-refractivity contribution is -0.0176. The molecule has 0 aliphatic heterocycles.